The zero-order valence-corrected chi connectivity index (χ0v) is 19.2. The van der Waals surface area contributed by atoms with E-state index in [1.165, 1.54) is 5.56 Å². The second kappa shape index (κ2) is 9.54. The molecular formula is C25H25N3OS2. The highest BCUT2D eigenvalue weighted by Crippen LogP contribution is 2.35. The third-order valence-corrected chi connectivity index (χ3v) is 6.55. The topological polar surface area (TPSA) is 44.4 Å². The number of nitrogens with one attached hydrogen (secondary N) is 2. The minimum absolute atomic E-state index is 0.151. The summed E-state index contributed by atoms with van der Waals surface area (Å²) in [6.07, 6.45) is 0.913. The molecule has 0 unspecified atom stereocenters. The van der Waals surface area contributed by atoms with Crippen LogP contribution in [0.15, 0.2) is 83.8 Å². The van der Waals surface area contributed by atoms with Crippen LogP contribution >= 0.6 is 24.0 Å². The van der Waals surface area contributed by atoms with Crippen LogP contribution < -0.4 is 15.5 Å². The number of carbonyl (C=O) groups is 1. The molecular weight excluding hydrogens is 422 g/mol. The van der Waals surface area contributed by atoms with Crippen molar-refractivity contribution in [3.63, 3.8) is 0 Å². The minimum atomic E-state index is -0.173. The molecule has 2 atom stereocenters. The van der Waals surface area contributed by atoms with Crippen molar-refractivity contribution in [3.05, 3.63) is 84.4 Å². The lowest BCUT2D eigenvalue weighted by atomic mass is 10.1. The zero-order valence-electron chi connectivity index (χ0n) is 17.5. The van der Waals surface area contributed by atoms with Crippen molar-refractivity contribution in [2.45, 2.75) is 36.5 Å². The number of hydrogen-bond acceptors (Lipinski definition) is 3. The molecule has 4 rings (SSSR count). The number of carbonyl (C=O) groups excluding carboxylic acids is 1. The van der Waals surface area contributed by atoms with Crippen molar-refractivity contribution < 1.29 is 4.79 Å². The molecule has 0 spiro atoms. The van der Waals surface area contributed by atoms with Gasteiger partial charge in [-0.3, -0.25) is 4.79 Å². The normalized spacial score (nSPS) is 15.8. The number of rotatable bonds is 5. The smallest absolute Gasteiger partial charge is 0.240 e. The van der Waals surface area contributed by atoms with Crippen LogP contribution in [-0.2, 0) is 11.2 Å². The molecule has 158 valence electrons. The van der Waals surface area contributed by atoms with Gasteiger partial charge in [-0.15, -0.1) is 11.8 Å². The molecule has 31 heavy (non-hydrogen) atoms. The summed E-state index contributed by atoms with van der Waals surface area (Å²) in [6, 6.07) is 26.2. The summed E-state index contributed by atoms with van der Waals surface area (Å²) in [5.74, 6) is 0.151. The van der Waals surface area contributed by atoms with Gasteiger partial charge in [-0.2, -0.15) is 0 Å². The quantitative estimate of drug-likeness (QED) is 0.374. The maximum atomic E-state index is 13.2. The van der Waals surface area contributed by atoms with E-state index in [2.05, 4.69) is 23.6 Å². The molecule has 1 amide bonds. The second-order valence-corrected chi connectivity index (χ2v) is 9.44. The van der Waals surface area contributed by atoms with Gasteiger partial charge in [-0.1, -0.05) is 36.4 Å². The Kier molecular flexibility index (Phi) is 6.59. The Balaban J connectivity index is 1.35. The number of anilines is 3. The molecule has 1 heterocycles. The fourth-order valence-corrected chi connectivity index (χ4v) is 4.94. The second-order valence-electron chi connectivity index (χ2n) is 7.62. The van der Waals surface area contributed by atoms with Crippen molar-refractivity contribution in [1.82, 2.24) is 0 Å². The standard InChI is InChI=1S/C25H25N3OS2/c1-17-16-19-8-6-7-11-23(19)28(17)24(29)18(2)31-22-14-12-21(13-15-22)27-25(30)26-20-9-4-3-5-10-20/h3-15,17-18H,16H2,1-2H3,(H2,26,27,30)/t17-,18-/m1/s1. The van der Waals surface area contributed by atoms with E-state index in [0.29, 0.717) is 5.11 Å². The summed E-state index contributed by atoms with van der Waals surface area (Å²) < 4.78 is 0. The number of thiocarbonyl (C=S) groups is 1. The molecule has 2 N–H and O–H groups in total. The first-order valence-electron chi connectivity index (χ1n) is 10.3. The van der Waals surface area contributed by atoms with E-state index in [1.54, 1.807) is 11.8 Å². The minimum Gasteiger partial charge on any atom is -0.332 e. The fourth-order valence-electron chi connectivity index (χ4n) is 3.78. The summed E-state index contributed by atoms with van der Waals surface area (Å²) >= 11 is 6.96. The molecule has 1 aliphatic rings. The number of hydrogen-bond donors (Lipinski definition) is 2. The number of benzene rings is 3. The molecule has 0 radical (unpaired) electrons. The SMILES string of the molecule is C[C@@H]1Cc2ccccc2N1C(=O)[C@@H](C)Sc1ccc(NC(=S)Nc2ccccc2)cc1. The van der Waals surface area contributed by atoms with Crippen LogP contribution in [0.4, 0.5) is 17.1 Å². The van der Waals surface area contributed by atoms with Crippen LogP contribution in [0.2, 0.25) is 0 Å². The Morgan fingerprint density at radius 3 is 2.29 bits per heavy atom. The maximum absolute atomic E-state index is 13.2. The molecule has 3 aromatic rings. The van der Waals surface area contributed by atoms with Gasteiger partial charge in [0, 0.05) is 28.0 Å². The number of amides is 1. The van der Waals surface area contributed by atoms with E-state index >= 15 is 0 Å². The summed E-state index contributed by atoms with van der Waals surface area (Å²) in [7, 11) is 0. The molecule has 0 aliphatic carbocycles. The van der Waals surface area contributed by atoms with Gasteiger partial charge in [0.1, 0.15) is 0 Å². The Labute approximate surface area is 193 Å². The van der Waals surface area contributed by atoms with Crippen LogP contribution in [0.1, 0.15) is 19.4 Å². The molecule has 0 fully saturated rings. The molecule has 6 heteroatoms. The van der Waals surface area contributed by atoms with Crippen molar-refractivity contribution >= 4 is 52.1 Å². The highest BCUT2D eigenvalue weighted by atomic mass is 32.2. The summed E-state index contributed by atoms with van der Waals surface area (Å²) in [6.45, 7) is 4.09. The van der Waals surface area contributed by atoms with Gasteiger partial charge >= 0.3 is 0 Å². The lowest BCUT2D eigenvalue weighted by Gasteiger charge is -2.26. The van der Waals surface area contributed by atoms with E-state index < -0.39 is 0 Å². The van der Waals surface area contributed by atoms with Gasteiger partial charge in [0.05, 0.1) is 5.25 Å². The summed E-state index contributed by atoms with van der Waals surface area (Å²) in [5.41, 5.74) is 4.14. The van der Waals surface area contributed by atoms with Crippen LogP contribution in [0.5, 0.6) is 0 Å². The highest BCUT2D eigenvalue weighted by molar-refractivity contribution is 8.00. The van der Waals surface area contributed by atoms with Crippen molar-refractivity contribution in [2.24, 2.45) is 0 Å². The molecule has 0 saturated carbocycles. The first kappa shape index (κ1) is 21.4. The third-order valence-electron chi connectivity index (χ3n) is 5.25. The van der Waals surface area contributed by atoms with E-state index in [-0.39, 0.29) is 17.2 Å². The van der Waals surface area contributed by atoms with Gasteiger partial charge in [0.2, 0.25) is 5.91 Å². The largest absolute Gasteiger partial charge is 0.332 e. The van der Waals surface area contributed by atoms with Gasteiger partial charge in [0.15, 0.2) is 5.11 Å². The zero-order chi connectivity index (χ0) is 21.8. The number of nitrogens with zero attached hydrogens (tertiary/aromatic N) is 1. The average molecular weight is 448 g/mol. The van der Waals surface area contributed by atoms with Gasteiger partial charge < -0.3 is 15.5 Å². The van der Waals surface area contributed by atoms with Gasteiger partial charge in [0.25, 0.3) is 0 Å². The maximum Gasteiger partial charge on any atom is 0.240 e. The predicted octanol–water partition coefficient (Wildman–Crippen LogP) is 5.95. The van der Waals surface area contributed by atoms with Gasteiger partial charge in [-0.25, -0.2) is 0 Å². The first-order valence-corrected chi connectivity index (χ1v) is 11.6. The Hall–Kier alpha value is -2.83. The van der Waals surface area contributed by atoms with Crippen LogP contribution in [0, 0.1) is 0 Å². The molecule has 1 aliphatic heterocycles. The van der Waals surface area contributed by atoms with Crippen molar-refractivity contribution in [3.8, 4) is 0 Å². The van der Waals surface area contributed by atoms with Crippen molar-refractivity contribution in [1.29, 1.82) is 0 Å². The van der Waals surface area contributed by atoms with E-state index in [4.69, 9.17) is 12.2 Å². The number of thioether (sulfide) groups is 1. The summed E-state index contributed by atoms with van der Waals surface area (Å²) in [5, 5.41) is 6.72. The molecule has 3 aromatic carbocycles. The Bertz CT molecular complexity index is 1070. The van der Waals surface area contributed by atoms with E-state index in [9.17, 15) is 4.79 Å². The molecule has 0 aromatic heterocycles. The summed E-state index contributed by atoms with van der Waals surface area (Å²) in [4.78, 5) is 16.2. The Morgan fingerprint density at radius 2 is 1.58 bits per heavy atom. The third kappa shape index (κ3) is 5.09. The highest BCUT2D eigenvalue weighted by Gasteiger charge is 2.33. The lowest BCUT2D eigenvalue weighted by Crippen LogP contribution is -2.40. The van der Waals surface area contributed by atoms with Crippen LogP contribution in [0.25, 0.3) is 0 Å². The van der Waals surface area contributed by atoms with Crippen LogP contribution in [0.3, 0.4) is 0 Å². The van der Waals surface area contributed by atoms with E-state index in [1.807, 2.05) is 84.6 Å². The number of para-hydroxylation sites is 2. The predicted molar refractivity (Wildman–Crippen MR) is 135 cm³/mol. The average Bonchev–Trinajstić information content (AvgIpc) is 3.10. The lowest BCUT2D eigenvalue weighted by molar-refractivity contribution is -0.118. The van der Waals surface area contributed by atoms with Gasteiger partial charge in [-0.05, 0) is 80.5 Å². The molecule has 4 nitrogen and oxygen atoms in total. The Morgan fingerprint density at radius 1 is 0.968 bits per heavy atom. The van der Waals surface area contributed by atoms with E-state index in [0.717, 1.165) is 28.4 Å². The fraction of sp³-hybridized carbons (Fsp3) is 0.200. The number of fused-ring (bicyclic) bond motifs is 1. The monoisotopic (exact) mass is 447 g/mol. The molecule has 0 bridgehead atoms. The first-order chi connectivity index (χ1) is 15.0. The molecule has 0 saturated heterocycles. The van der Waals surface area contributed by atoms with Crippen LogP contribution in [-0.4, -0.2) is 22.3 Å². The van der Waals surface area contributed by atoms with Crippen molar-refractivity contribution in [2.75, 3.05) is 15.5 Å².